The molecule has 2 aromatic rings. The first-order valence-electron chi connectivity index (χ1n) is 8.63. The van der Waals surface area contributed by atoms with Crippen LogP contribution in [0.15, 0.2) is 48.7 Å². The van der Waals surface area contributed by atoms with Gasteiger partial charge in [-0.25, -0.2) is 4.79 Å². The third kappa shape index (κ3) is 4.20. The number of nitrogens with zero attached hydrogens (tertiary/aromatic N) is 1. The number of amides is 2. The molecule has 26 heavy (non-hydrogen) atoms. The van der Waals surface area contributed by atoms with E-state index in [1.807, 2.05) is 36.4 Å². The Bertz CT molecular complexity index is 799. The van der Waals surface area contributed by atoms with E-state index in [4.69, 9.17) is 4.74 Å². The average Bonchev–Trinajstić information content (AvgIpc) is 2.58. The largest absolute Gasteiger partial charge is 0.444 e. The van der Waals surface area contributed by atoms with Crippen molar-refractivity contribution in [2.75, 3.05) is 5.32 Å². The lowest BCUT2D eigenvalue weighted by molar-refractivity contribution is -0.121. The minimum absolute atomic E-state index is 0.143. The Labute approximate surface area is 153 Å². The molecule has 1 aliphatic heterocycles. The molecule has 2 amide bonds. The molecule has 3 rings (SSSR count). The standard InChI is InChI=1S/C20H23N3O3/c1-20(2,3)26-19(25)23-17(13-8-5-4-6-9-13)14-12-16-15(22-18(14)24)10-7-11-21-16/h4-11,14,17H,12H2,1-3H3,(H,22,24)(H,23,25)/t14?,17-/m1/s1. The van der Waals surface area contributed by atoms with Crippen LogP contribution in [0.4, 0.5) is 10.5 Å². The fourth-order valence-electron chi connectivity index (χ4n) is 3.02. The lowest BCUT2D eigenvalue weighted by atomic mass is 9.86. The van der Waals surface area contributed by atoms with Gasteiger partial charge in [0.25, 0.3) is 0 Å². The van der Waals surface area contributed by atoms with Crippen molar-refractivity contribution in [3.63, 3.8) is 0 Å². The molecule has 2 N–H and O–H groups in total. The molecule has 136 valence electrons. The Hall–Kier alpha value is -2.89. The van der Waals surface area contributed by atoms with Gasteiger partial charge in [0, 0.05) is 12.6 Å². The lowest BCUT2D eigenvalue weighted by Crippen LogP contribution is -2.43. The van der Waals surface area contributed by atoms with Crippen molar-refractivity contribution < 1.29 is 14.3 Å². The predicted octanol–water partition coefficient (Wildman–Crippen LogP) is 3.46. The van der Waals surface area contributed by atoms with Gasteiger partial charge in [-0.3, -0.25) is 9.78 Å². The van der Waals surface area contributed by atoms with Crippen molar-refractivity contribution in [2.24, 2.45) is 5.92 Å². The number of carbonyl (C=O) groups excluding carboxylic acids is 2. The van der Waals surface area contributed by atoms with Crippen LogP contribution in [0.3, 0.4) is 0 Å². The van der Waals surface area contributed by atoms with Crippen LogP contribution in [0.2, 0.25) is 0 Å². The smallest absolute Gasteiger partial charge is 0.408 e. The molecular weight excluding hydrogens is 330 g/mol. The van der Waals surface area contributed by atoms with E-state index in [1.54, 1.807) is 33.0 Å². The average molecular weight is 353 g/mol. The van der Waals surface area contributed by atoms with Crippen molar-refractivity contribution in [2.45, 2.75) is 38.8 Å². The summed E-state index contributed by atoms with van der Waals surface area (Å²) in [6.45, 7) is 5.41. The summed E-state index contributed by atoms with van der Waals surface area (Å²) < 4.78 is 5.39. The van der Waals surface area contributed by atoms with Gasteiger partial charge < -0.3 is 15.4 Å². The summed E-state index contributed by atoms with van der Waals surface area (Å²) in [6, 6.07) is 12.5. The molecule has 1 aliphatic rings. The van der Waals surface area contributed by atoms with Crippen molar-refractivity contribution >= 4 is 17.7 Å². The summed E-state index contributed by atoms with van der Waals surface area (Å²) in [6.07, 6.45) is 1.59. The van der Waals surface area contributed by atoms with Gasteiger partial charge >= 0.3 is 6.09 Å². The van der Waals surface area contributed by atoms with Gasteiger partial charge in [-0.15, -0.1) is 0 Å². The topological polar surface area (TPSA) is 80.3 Å². The Morgan fingerprint density at radius 2 is 1.96 bits per heavy atom. The molecule has 0 fully saturated rings. The van der Waals surface area contributed by atoms with Crippen LogP contribution in [-0.4, -0.2) is 22.6 Å². The summed E-state index contributed by atoms with van der Waals surface area (Å²) in [5.41, 5.74) is 1.76. The van der Waals surface area contributed by atoms with Crippen molar-refractivity contribution in [1.82, 2.24) is 10.3 Å². The Morgan fingerprint density at radius 1 is 1.23 bits per heavy atom. The zero-order chi connectivity index (χ0) is 18.7. The Balaban J connectivity index is 1.89. The SMILES string of the molecule is CC(C)(C)OC(=O)N[C@H](c1ccccc1)C1Cc2ncccc2NC1=O. The van der Waals surface area contributed by atoms with Gasteiger partial charge in [-0.05, 0) is 38.5 Å². The van der Waals surface area contributed by atoms with Gasteiger partial charge in [0.05, 0.1) is 23.3 Å². The number of fused-ring (bicyclic) bond motifs is 1. The number of aromatic nitrogens is 1. The fraction of sp³-hybridized carbons (Fsp3) is 0.350. The molecule has 1 unspecified atom stereocenters. The molecule has 0 saturated heterocycles. The van der Waals surface area contributed by atoms with E-state index in [0.717, 1.165) is 16.9 Å². The quantitative estimate of drug-likeness (QED) is 0.885. The second-order valence-corrected chi connectivity index (χ2v) is 7.33. The van der Waals surface area contributed by atoms with Crippen LogP contribution in [0.1, 0.15) is 38.1 Å². The maximum absolute atomic E-state index is 12.7. The molecule has 1 aromatic carbocycles. The molecule has 0 aliphatic carbocycles. The summed E-state index contributed by atoms with van der Waals surface area (Å²) in [5, 5.41) is 5.76. The van der Waals surface area contributed by atoms with Crippen LogP contribution < -0.4 is 10.6 Å². The molecule has 6 heteroatoms. The number of hydrogen-bond acceptors (Lipinski definition) is 4. The van der Waals surface area contributed by atoms with Gasteiger partial charge in [0.1, 0.15) is 5.60 Å². The number of anilines is 1. The highest BCUT2D eigenvalue weighted by Crippen LogP contribution is 2.32. The normalized spacial score (nSPS) is 17.7. The number of alkyl carbamates (subject to hydrolysis) is 1. The first-order chi connectivity index (χ1) is 12.3. The molecule has 2 atom stereocenters. The van der Waals surface area contributed by atoms with Crippen LogP contribution in [0.25, 0.3) is 0 Å². The summed E-state index contributed by atoms with van der Waals surface area (Å²) >= 11 is 0. The van der Waals surface area contributed by atoms with E-state index < -0.39 is 23.7 Å². The second-order valence-electron chi connectivity index (χ2n) is 7.33. The minimum Gasteiger partial charge on any atom is -0.444 e. The van der Waals surface area contributed by atoms with Crippen LogP contribution >= 0.6 is 0 Å². The number of ether oxygens (including phenoxy) is 1. The number of hydrogen-bond donors (Lipinski definition) is 2. The molecule has 0 saturated carbocycles. The Morgan fingerprint density at radius 3 is 2.65 bits per heavy atom. The minimum atomic E-state index is -0.617. The first kappa shape index (κ1) is 17.9. The summed E-state index contributed by atoms with van der Waals surface area (Å²) in [4.78, 5) is 29.4. The predicted molar refractivity (Wildman–Crippen MR) is 98.6 cm³/mol. The molecule has 2 heterocycles. The van der Waals surface area contributed by atoms with E-state index in [1.165, 1.54) is 0 Å². The number of rotatable bonds is 3. The molecule has 0 radical (unpaired) electrons. The monoisotopic (exact) mass is 353 g/mol. The third-order valence-corrected chi connectivity index (χ3v) is 4.13. The first-order valence-corrected chi connectivity index (χ1v) is 8.63. The number of benzene rings is 1. The van der Waals surface area contributed by atoms with Gasteiger partial charge in [-0.1, -0.05) is 30.3 Å². The van der Waals surface area contributed by atoms with Gasteiger partial charge in [0.2, 0.25) is 5.91 Å². The van der Waals surface area contributed by atoms with E-state index in [0.29, 0.717) is 6.42 Å². The zero-order valence-electron chi connectivity index (χ0n) is 15.2. The van der Waals surface area contributed by atoms with Gasteiger partial charge in [-0.2, -0.15) is 0 Å². The van der Waals surface area contributed by atoms with E-state index in [2.05, 4.69) is 15.6 Å². The van der Waals surface area contributed by atoms with E-state index in [9.17, 15) is 9.59 Å². The number of nitrogens with one attached hydrogen (secondary N) is 2. The lowest BCUT2D eigenvalue weighted by Gasteiger charge is -2.32. The number of pyridine rings is 1. The molecule has 0 spiro atoms. The van der Waals surface area contributed by atoms with Crippen molar-refractivity contribution in [3.8, 4) is 0 Å². The van der Waals surface area contributed by atoms with E-state index in [-0.39, 0.29) is 5.91 Å². The summed E-state index contributed by atoms with van der Waals surface area (Å²) in [5.74, 6) is -0.622. The van der Waals surface area contributed by atoms with E-state index >= 15 is 0 Å². The maximum atomic E-state index is 12.7. The van der Waals surface area contributed by atoms with Crippen molar-refractivity contribution in [3.05, 3.63) is 59.9 Å². The van der Waals surface area contributed by atoms with Crippen molar-refractivity contribution in [1.29, 1.82) is 0 Å². The third-order valence-electron chi connectivity index (χ3n) is 4.13. The zero-order valence-corrected chi connectivity index (χ0v) is 15.2. The highest BCUT2D eigenvalue weighted by molar-refractivity contribution is 5.96. The molecule has 1 aromatic heterocycles. The summed E-state index contributed by atoms with van der Waals surface area (Å²) in [7, 11) is 0. The van der Waals surface area contributed by atoms with Crippen LogP contribution in [0, 0.1) is 5.92 Å². The van der Waals surface area contributed by atoms with Gasteiger partial charge in [0.15, 0.2) is 0 Å². The Kier molecular flexibility index (Phi) is 4.93. The fourth-order valence-corrected chi connectivity index (χ4v) is 3.02. The molecular formula is C20H23N3O3. The van der Waals surface area contributed by atoms with Crippen LogP contribution in [0.5, 0.6) is 0 Å². The second kappa shape index (κ2) is 7.15. The number of carbonyl (C=O) groups is 2. The highest BCUT2D eigenvalue weighted by Gasteiger charge is 2.36. The highest BCUT2D eigenvalue weighted by atomic mass is 16.6. The molecule has 6 nitrogen and oxygen atoms in total. The van der Waals surface area contributed by atoms with Crippen LogP contribution in [-0.2, 0) is 16.0 Å². The maximum Gasteiger partial charge on any atom is 0.408 e. The molecule has 0 bridgehead atoms.